The fourth-order valence-electron chi connectivity index (χ4n) is 2.74. The highest BCUT2D eigenvalue weighted by Crippen LogP contribution is 2.46. The van der Waals surface area contributed by atoms with Gasteiger partial charge >= 0.3 is 0 Å². The fraction of sp³-hybridized carbons (Fsp3) is 0.133. The van der Waals surface area contributed by atoms with E-state index in [0.29, 0.717) is 10.6 Å². The van der Waals surface area contributed by atoms with Crippen LogP contribution in [0.2, 0.25) is 0 Å². The molecule has 1 aromatic rings. The Balaban J connectivity index is 2.24. The minimum Gasteiger partial charge on any atom is -0.384 e. The molecular formula is C15H9N5O3S. The molecule has 1 saturated heterocycles. The first-order valence-electron chi connectivity index (χ1n) is 6.73. The lowest BCUT2D eigenvalue weighted by atomic mass is 9.83. The molecule has 118 valence electrons. The second kappa shape index (κ2) is 5.72. The van der Waals surface area contributed by atoms with Crippen LogP contribution in [0.25, 0.3) is 0 Å². The van der Waals surface area contributed by atoms with Crippen molar-refractivity contribution in [3.8, 4) is 12.1 Å². The smallest absolute Gasteiger partial charge is 0.269 e. The van der Waals surface area contributed by atoms with Crippen molar-refractivity contribution >= 4 is 23.4 Å². The fourth-order valence-corrected chi connectivity index (χ4v) is 3.77. The van der Waals surface area contributed by atoms with Gasteiger partial charge in [0.1, 0.15) is 5.82 Å². The number of fused-ring (bicyclic) bond motifs is 1. The lowest BCUT2D eigenvalue weighted by Gasteiger charge is -2.29. The zero-order chi connectivity index (χ0) is 17.4. The number of nitrogens with two attached hydrogens (primary N) is 1. The van der Waals surface area contributed by atoms with Gasteiger partial charge in [0.15, 0.2) is 0 Å². The molecule has 1 unspecified atom stereocenters. The van der Waals surface area contributed by atoms with Gasteiger partial charge in [0, 0.05) is 12.1 Å². The Labute approximate surface area is 140 Å². The molecule has 2 heterocycles. The highest BCUT2D eigenvalue weighted by atomic mass is 32.2. The molecule has 1 fully saturated rings. The van der Waals surface area contributed by atoms with Crippen molar-refractivity contribution in [2.75, 3.05) is 5.75 Å². The molecular weight excluding hydrogens is 330 g/mol. The van der Waals surface area contributed by atoms with E-state index in [1.165, 1.54) is 34.9 Å². The summed E-state index contributed by atoms with van der Waals surface area (Å²) in [6.07, 6.45) is 0. The molecule has 24 heavy (non-hydrogen) atoms. The molecule has 0 aromatic heterocycles. The number of amides is 1. The van der Waals surface area contributed by atoms with Gasteiger partial charge in [-0.2, -0.15) is 10.5 Å². The first-order chi connectivity index (χ1) is 11.5. The molecule has 1 aromatic carbocycles. The second-order valence-electron chi connectivity index (χ2n) is 5.04. The molecule has 2 aliphatic rings. The van der Waals surface area contributed by atoms with Crippen LogP contribution in [-0.4, -0.2) is 21.5 Å². The van der Waals surface area contributed by atoms with Crippen molar-refractivity contribution in [1.82, 2.24) is 4.90 Å². The van der Waals surface area contributed by atoms with E-state index in [9.17, 15) is 25.4 Å². The summed E-state index contributed by atoms with van der Waals surface area (Å²) in [6, 6.07) is 9.69. The topological polar surface area (TPSA) is 137 Å². The van der Waals surface area contributed by atoms with Gasteiger partial charge in [-0.25, -0.2) is 0 Å². The molecule has 1 amide bonds. The molecule has 0 bridgehead atoms. The van der Waals surface area contributed by atoms with Gasteiger partial charge in [0.05, 0.1) is 44.9 Å². The molecule has 2 N–H and O–H groups in total. The number of allylic oxidation sites excluding steroid dienone is 2. The van der Waals surface area contributed by atoms with Gasteiger partial charge < -0.3 is 5.73 Å². The van der Waals surface area contributed by atoms with Crippen molar-refractivity contribution in [3.63, 3.8) is 0 Å². The number of hydrogen-bond acceptors (Lipinski definition) is 7. The average molecular weight is 339 g/mol. The van der Waals surface area contributed by atoms with Crippen molar-refractivity contribution in [2.45, 2.75) is 5.92 Å². The number of hydrogen-bond donors (Lipinski definition) is 1. The minimum atomic E-state index is -0.829. The van der Waals surface area contributed by atoms with Crippen LogP contribution < -0.4 is 5.73 Å². The first-order valence-corrected chi connectivity index (χ1v) is 7.72. The van der Waals surface area contributed by atoms with Gasteiger partial charge in [-0.1, -0.05) is 23.9 Å². The van der Waals surface area contributed by atoms with E-state index in [0.717, 1.165) is 0 Å². The normalized spacial score (nSPS) is 19.8. The summed E-state index contributed by atoms with van der Waals surface area (Å²) in [5, 5.41) is 30.4. The third-order valence-corrected chi connectivity index (χ3v) is 4.83. The van der Waals surface area contributed by atoms with E-state index in [1.807, 2.05) is 12.1 Å². The summed E-state index contributed by atoms with van der Waals surface area (Å²) in [7, 11) is 0. The molecule has 0 radical (unpaired) electrons. The Hall–Kier alpha value is -3.30. The number of nitriles is 2. The van der Waals surface area contributed by atoms with Gasteiger partial charge in [0.2, 0.25) is 5.91 Å². The lowest BCUT2D eigenvalue weighted by Crippen LogP contribution is -2.35. The first kappa shape index (κ1) is 15.6. The number of benzene rings is 1. The predicted octanol–water partition coefficient (Wildman–Crippen LogP) is 1.70. The van der Waals surface area contributed by atoms with Crippen molar-refractivity contribution in [3.05, 3.63) is 61.9 Å². The zero-order valence-corrected chi connectivity index (χ0v) is 12.9. The van der Waals surface area contributed by atoms with Crippen molar-refractivity contribution in [2.24, 2.45) is 5.73 Å². The van der Waals surface area contributed by atoms with Crippen LogP contribution in [-0.2, 0) is 4.79 Å². The number of non-ortho nitro benzene ring substituents is 1. The number of carbonyl (C=O) groups excluding carboxylic acids is 1. The molecule has 3 rings (SSSR count). The maximum absolute atomic E-state index is 12.0. The maximum Gasteiger partial charge on any atom is 0.269 e. The molecule has 9 heteroatoms. The Morgan fingerprint density at radius 2 is 2.04 bits per heavy atom. The number of thioether (sulfide) groups is 1. The zero-order valence-electron chi connectivity index (χ0n) is 12.1. The number of carbonyl (C=O) groups is 1. The Morgan fingerprint density at radius 1 is 1.33 bits per heavy atom. The quantitative estimate of drug-likeness (QED) is 0.639. The molecule has 0 spiro atoms. The van der Waals surface area contributed by atoms with E-state index >= 15 is 0 Å². The summed E-state index contributed by atoms with van der Waals surface area (Å²) in [5.74, 6) is -1.03. The van der Waals surface area contributed by atoms with Crippen LogP contribution in [0.3, 0.4) is 0 Å². The predicted molar refractivity (Wildman–Crippen MR) is 84.6 cm³/mol. The monoisotopic (exact) mass is 339 g/mol. The van der Waals surface area contributed by atoms with Crippen LogP contribution in [0.4, 0.5) is 5.69 Å². The minimum absolute atomic E-state index is 0.0296. The number of nitrogens with zero attached hydrogens (tertiary/aromatic N) is 4. The van der Waals surface area contributed by atoms with Gasteiger partial charge in [-0.05, 0) is 5.56 Å². The largest absolute Gasteiger partial charge is 0.384 e. The van der Waals surface area contributed by atoms with E-state index in [2.05, 4.69) is 0 Å². The van der Waals surface area contributed by atoms with Crippen LogP contribution in [0, 0.1) is 32.8 Å². The van der Waals surface area contributed by atoms with Gasteiger partial charge in [-0.15, -0.1) is 0 Å². The van der Waals surface area contributed by atoms with Gasteiger partial charge in [-0.3, -0.25) is 19.8 Å². The van der Waals surface area contributed by atoms with Crippen LogP contribution >= 0.6 is 11.8 Å². The van der Waals surface area contributed by atoms with E-state index in [1.54, 1.807) is 6.07 Å². The summed E-state index contributed by atoms with van der Waals surface area (Å²) in [4.78, 5) is 23.6. The second-order valence-corrected chi connectivity index (χ2v) is 6.01. The third-order valence-electron chi connectivity index (χ3n) is 3.76. The Bertz CT molecular complexity index is 922. The number of rotatable bonds is 2. The number of nitro benzene ring substituents is 1. The van der Waals surface area contributed by atoms with Crippen LogP contribution in [0.15, 0.2) is 46.3 Å². The standard InChI is InChI=1S/C15H9N5O3S/c16-5-10-13(8-2-1-3-9(4-8)20(22)23)11(6-17)15-19(14(10)18)12(21)7-24-15/h1-4,13H,7,18H2. The average Bonchev–Trinajstić information content (AvgIpc) is 2.96. The van der Waals surface area contributed by atoms with Crippen LogP contribution in [0.1, 0.15) is 11.5 Å². The molecule has 0 saturated carbocycles. The molecule has 2 aliphatic heterocycles. The van der Waals surface area contributed by atoms with E-state index in [4.69, 9.17) is 5.73 Å². The Kier molecular flexibility index (Phi) is 3.72. The van der Waals surface area contributed by atoms with Crippen molar-refractivity contribution < 1.29 is 9.72 Å². The van der Waals surface area contributed by atoms with E-state index in [-0.39, 0.29) is 34.3 Å². The molecule has 8 nitrogen and oxygen atoms in total. The summed E-state index contributed by atoms with van der Waals surface area (Å²) >= 11 is 1.17. The molecule has 0 aliphatic carbocycles. The Morgan fingerprint density at radius 3 is 2.67 bits per heavy atom. The maximum atomic E-state index is 12.0. The summed E-state index contributed by atoms with van der Waals surface area (Å²) in [6.45, 7) is 0. The highest BCUT2D eigenvalue weighted by Gasteiger charge is 2.42. The van der Waals surface area contributed by atoms with Crippen molar-refractivity contribution in [1.29, 1.82) is 10.5 Å². The van der Waals surface area contributed by atoms with Gasteiger partial charge in [0.25, 0.3) is 5.69 Å². The van der Waals surface area contributed by atoms with Crippen LogP contribution in [0.5, 0.6) is 0 Å². The SMILES string of the molecule is N#CC1=C(N)N2C(=O)CSC2=C(C#N)C1c1cccc([N+](=O)[O-])c1. The lowest BCUT2D eigenvalue weighted by molar-refractivity contribution is -0.384. The summed E-state index contributed by atoms with van der Waals surface area (Å²) < 4.78 is 0. The third kappa shape index (κ3) is 2.19. The highest BCUT2D eigenvalue weighted by molar-refractivity contribution is 8.04. The summed E-state index contributed by atoms with van der Waals surface area (Å²) in [5.41, 5.74) is 6.46. The van der Waals surface area contributed by atoms with E-state index < -0.39 is 10.8 Å². The number of nitro groups is 1. The molecule has 1 atom stereocenters.